The van der Waals surface area contributed by atoms with E-state index in [0.29, 0.717) is 23.9 Å². The number of hydrogen-bond acceptors (Lipinski definition) is 8. The van der Waals surface area contributed by atoms with Gasteiger partial charge in [-0.15, -0.1) is 5.10 Å². The van der Waals surface area contributed by atoms with Crippen LogP contribution in [0.2, 0.25) is 0 Å². The molecule has 8 nitrogen and oxygen atoms in total. The van der Waals surface area contributed by atoms with Crippen LogP contribution in [0.3, 0.4) is 0 Å². The van der Waals surface area contributed by atoms with E-state index in [-0.39, 0.29) is 17.3 Å². The minimum atomic E-state index is -0.518. The van der Waals surface area contributed by atoms with E-state index in [9.17, 15) is 4.79 Å². The molecule has 1 aromatic heterocycles. The molecule has 1 unspecified atom stereocenters. The van der Waals surface area contributed by atoms with Crippen molar-refractivity contribution in [3.8, 4) is 28.9 Å². The summed E-state index contributed by atoms with van der Waals surface area (Å²) in [6.07, 6.45) is -0.518. The zero-order valence-corrected chi connectivity index (χ0v) is 17.0. The molecule has 1 aliphatic heterocycles. The van der Waals surface area contributed by atoms with E-state index < -0.39 is 6.23 Å². The van der Waals surface area contributed by atoms with Crippen LogP contribution in [0.1, 0.15) is 18.7 Å². The van der Waals surface area contributed by atoms with Gasteiger partial charge in [-0.05, 0) is 53.2 Å². The maximum atomic E-state index is 11.0. The van der Waals surface area contributed by atoms with Crippen molar-refractivity contribution in [2.45, 2.75) is 13.2 Å². The Morgan fingerprint density at radius 1 is 1.14 bits per heavy atom. The topological polar surface area (TPSA) is 95.5 Å². The van der Waals surface area contributed by atoms with Crippen molar-refractivity contribution in [3.05, 3.63) is 54.1 Å². The summed E-state index contributed by atoms with van der Waals surface area (Å²) in [6, 6.07) is 15.1. The number of carbonyl (C=O) groups excluding carboxylic acids is 1. The SMILES string of the molecule is CCOc1nnc2c(n1)OC(c1ccc(OCC(=O)Br)cc1)Nc1ccccc1-2. The fourth-order valence-electron chi connectivity index (χ4n) is 2.87. The predicted octanol–water partition coefficient (Wildman–Crippen LogP) is 3.74. The average Bonchev–Trinajstić information content (AvgIpc) is 2.89. The lowest BCUT2D eigenvalue weighted by atomic mass is 10.1. The molecule has 29 heavy (non-hydrogen) atoms. The summed E-state index contributed by atoms with van der Waals surface area (Å²) in [6.45, 7) is 2.24. The van der Waals surface area contributed by atoms with Crippen LogP contribution in [-0.4, -0.2) is 33.1 Å². The third-order valence-electron chi connectivity index (χ3n) is 4.14. The minimum absolute atomic E-state index is 0.0406. The zero-order chi connectivity index (χ0) is 20.2. The van der Waals surface area contributed by atoms with Crippen molar-refractivity contribution in [2.24, 2.45) is 0 Å². The number of ether oxygens (including phenoxy) is 3. The summed E-state index contributed by atoms with van der Waals surface area (Å²) in [7, 11) is 0. The molecule has 3 aromatic rings. The monoisotopic (exact) mass is 456 g/mol. The van der Waals surface area contributed by atoms with Gasteiger partial charge in [-0.25, -0.2) is 0 Å². The smallest absolute Gasteiger partial charge is 0.339 e. The Hall–Kier alpha value is -3.20. The van der Waals surface area contributed by atoms with Crippen LogP contribution >= 0.6 is 15.9 Å². The molecule has 4 rings (SSSR count). The van der Waals surface area contributed by atoms with Crippen LogP contribution in [0, 0.1) is 0 Å². The second-order valence-corrected chi connectivity index (χ2v) is 6.97. The molecule has 0 saturated heterocycles. The molecule has 0 spiro atoms. The highest BCUT2D eigenvalue weighted by atomic mass is 79.9. The molecular weight excluding hydrogens is 440 g/mol. The lowest BCUT2D eigenvalue weighted by molar-refractivity contribution is -0.112. The Morgan fingerprint density at radius 3 is 2.69 bits per heavy atom. The van der Waals surface area contributed by atoms with E-state index in [1.165, 1.54) is 0 Å². The first-order chi connectivity index (χ1) is 14.1. The van der Waals surface area contributed by atoms with Gasteiger partial charge in [0.15, 0.2) is 18.5 Å². The maximum Gasteiger partial charge on any atom is 0.339 e. The summed E-state index contributed by atoms with van der Waals surface area (Å²) >= 11 is 2.84. The van der Waals surface area contributed by atoms with Crippen molar-refractivity contribution in [1.82, 2.24) is 15.2 Å². The standard InChI is InChI=1S/C20H17BrN4O4/c1-2-27-20-23-19-17(24-25-20)14-5-3-4-6-15(14)22-18(29-19)12-7-9-13(10-8-12)28-11-16(21)26/h3-10,18,22H,2,11H2,1H3. The number of nitrogens with zero attached hydrogens (tertiary/aromatic N) is 3. The molecule has 0 saturated carbocycles. The number of rotatable bonds is 6. The van der Waals surface area contributed by atoms with E-state index in [0.717, 1.165) is 16.8 Å². The van der Waals surface area contributed by atoms with E-state index in [1.807, 2.05) is 43.3 Å². The summed E-state index contributed by atoms with van der Waals surface area (Å²) in [5.74, 6) is 0.912. The number of para-hydroxylation sites is 1. The van der Waals surface area contributed by atoms with Gasteiger partial charge in [0.05, 0.1) is 6.61 Å². The van der Waals surface area contributed by atoms with Crippen molar-refractivity contribution in [1.29, 1.82) is 0 Å². The van der Waals surface area contributed by atoms with E-state index in [2.05, 4.69) is 36.4 Å². The van der Waals surface area contributed by atoms with Crippen molar-refractivity contribution >= 4 is 26.3 Å². The lowest BCUT2D eigenvalue weighted by Crippen LogP contribution is -2.17. The van der Waals surface area contributed by atoms with E-state index in [4.69, 9.17) is 14.2 Å². The fourth-order valence-corrected chi connectivity index (χ4v) is 2.98. The van der Waals surface area contributed by atoms with Gasteiger partial charge in [0.2, 0.25) is 10.6 Å². The average molecular weight is 457 g/mol. The molecule has 2 heterocycles. The lowest BCUT2D eigenvalue weighted by Gasteiger charge is -2.19. The van der Waals surface area contributed by atoms with Gasteiger partial charge in [0, 0.05) is 16.8 Å². The molecule has 1 atom stereocenters. The Balaban J connectivity index is 1.67. The van der Waals surface area contributed by atoms with Crippen LogP contribution in [-0.2, 0) is 4.79 Å². The zero-order valence-electron chi connectivity index (χ0n) is 15.5. The summed E-state index contributed by atoms with van der Waals surface area (Å²) in [5.41, 5.74) is 3.07. The Labute approximate surface area is 175 Å². The molecule has 1 N–H and O–H groups in total. The number of halogens is 1. The minimum Gasteiger partial charge on any atom is -0.485 e. The first-order valence-corrected chi connectivity index (χ1v) is 9.74. The molecule has 0 amide bonds. The highest BCUT2D eigenvalue weighted by molar-refractivity contribution is 9.18. The molecule has 148 valence electrons. The number of fused-ring (bicyclic) bond motifs is 3. The Morgan fingerprint density at radius 2 is 1.93 bits per heavy atom. The number of nitrogens with one attached hydrogen (secondary N) is 1. The molecule has 0 fully saturated rings. The van der Waals surface area contributed by atoms with Crippen LogP contribution in [0.5, 0.6) is 17.6 Å². The largest absolute Gasteiger partial charge is 0.485 e. The summed E-state index contributed by atoms with van der Waals surface area (Å²) < 4.78 is 16.7. The number of benzene rings is 2. The Bertz CT molecular complexity index is 1030. The van der Waals surface area contributed by atoms with Gasteiger partial charge in [-0.1, -0.05) is 23.3 Å². The third kappa shape index (κ3) is 4.29. The van der Waals surface area contributed by atoms with Gasteiger partial charge >= 0.3 is 6.01 Å². The molecule has 2 aromatic carbocycles. The summed E-state index contributed by atoms with van der Waals surface area (Å²) in [4.78, 5) is 15.4. The second-order valence-electron chi connectivity index (χ2n) is 6.08. The first-order valence-electron chi connectivity index (χ1n) is 8.95. The Kier molecular flexibility index (Phi) is 5.57. The molecule has 9 heteroatoms. The van der Waals surface area contributed by atoms with Gasteiger partial charge in [-0.2, -0.15) is 4.98 Å². The van der Waals surface area contributed by atoms with Gasteiger partial charge in [0.25, 0.3) is 0 Å². The molecule has 0 bridgehead atoms. The van der Waals surface area contributed by atoms with Crippen LogP contribution in [0.4, 0.5) is 5.69 Å². The highest BCUT2D eigenvalue weighted by Gasteiger charge is 2.26. The van der Waals surface area contributed by atoms with Gasteiger partial charge in [-0.3, -0.25) is 4.79 Å². The maximum absolute atomic E-state index is 11.0. The number of aromatic nitrogens is 3. The molecule has 1 aliphatic rings. The van der Waals surface area contributed by atoms with Gasteiger partial charge in [0.1, 0.15) is 5.75 Å². The van der Waals surface area contributed by atoms with Crippen molar-refractivity contribution in [3.63, 3.8) is 0 Å². The quantitative estimate of drug-likeness (QED) is 0.560. The number of hydrogen-bond donors (Lipinski definition) is 1. The molecule has 0 radical (unpaired) electrons. The van der Waals surface area contributed by atoms with Crippen LogP contribution in [0.25, 0.3) is 11.3 Å². The molecular formula is C20H17BrN4O4. The fraction of sp³-hybridized carbons (Fsp3) is 0.200. The predicted molar refractivity (Wildman–Crippen MR) is 109 cm³/mol. The van der Waals surface area contributed by atoms with Crippen LogP contribution < -0.4 is 19.5 Å². The highest BCUT2D eigenvalue weighted by Crippen LogP contribution is 2.39. The first kappa shape index (κ1) is 19.1. The number of anilines is 1. The van der Waals surface area contributed by atoms with Crippen molar-refractivity contribution in [2.75, 3.05) is 18.5 Å². The normalized spacial score (nSPS) is 14.5. The summed E-state index contributed by atoms with van der Waals surface area (Å²) in [5, 5.41) is 11.7. The third-order valence-corrected chi connectivity index (χ3v) is 4.37. The van der Waals surface area contributed by atoms with Crippen LogP contribution in [0.15, 0.2) is 48.5 Å². The van der Waals surface area contributed by atoms with Crippen molar-refractivity contribution < 1.29 is 19.0 Å². The van der Waals surface area contributed by atoms with E-state index >= 15 is 0 Å². The molecule has 0 aliphatic carbocycles. The number of carbonyl (C=O) groups is 1. The second kappa shape index (κ2) is 8.44. The van der Waals surface area contributed by atoms with Gasteiger partial charge < -0.3 is 19.5 Å². The van der Waals surface area contributed by atoms with E-state index in [1.54, 1.807) is 12.1 Å².